The quantitative estimate of drug-likeness (QED) is 0.718. The highest BCUT2D eigenvalue weighted by Crippen LogP contribution is 2.29. The van der Waals surface area contributed by atoms with Gasteiger partial charge in [0, 0.05) is 25.2 Å². The molecule has 2 aliphatic rings. The van der Waals surface area contributed by atoms with Crippen LogP contribution in [0.1, 0.15) is 64.9 Å². The minimum absolute atomic E-state index is 0.0519. The zero-order valence-corrected chi connectivity index (χ0v) is 18.9. The number of fused-ring (bicyclic) bond motifs is 1. The Morgan fingerprint density at radius 3 is 2.43 bits per heavy atom. The summed E-state index contributed by atoms with van der Waals surface area (Å²) in [6, 6.07) is 4.12. The maximum Gasteiger partial charge on any atom is 0.241 e. The highest BCUT2D eigenvalue weighted by Gasteiger charge is 2.31. The van der Waals surface area contributed by atoms with E-state index < -0.39 is 16.1 Å². The molecule has 1 saturated carbocycles. The molecule has 0 spiro atoms. The molecule has 1 aromatic rings. The zero-order valence-electron chi connectivity index (χ0n) is 18.1. The second-order valence-electron chi connectivity index (χ2n) is 8.75. The molecular formula is C22H33N3O4S. The summed E-state index contributed by atoms with van der Waals surface area (Å²) in [5.74, 6) is -0.501. The fraction of sp³-hybridized carbons (Fsp3) is 0.636. The van der Waals surface area contributed by atoms with E-state index in [9.17, 15) is 18.0 Å². The number of aryl methyl sites for hydroxylation is 1. The lowest BCUT2D eigenvalue weighted by molar-refractivity contribution is -0.124. The first-order valence-electron chi connectivity index (χ1n) is 10.9. The molecule has 8 heteroatoms. The van der Waals surface area contributed by atoms with Crippen molar-refractivity contribution >= 4 is 27.5 Å². The molecule has 1 heterocycles. The first kappa shape index (κ1) is 22.7. The monoisotopic (exact) mass is 435 g/mol. The minimum Gasteiger partial charge on any atom is -0.352 e. The van der Waals surface area contributed by atoms with Gasteiger partial charge in [0.25, 0.3) is 0 Å². The van der Waals surface area contributed by atoms with Gasteiger partial charge in [-0.3, -0.25) is 9.59 Å². The number of hydrogen-bond donors (Lipinski definition) is 2. The molecule has 2 N–H and O–H groups in total. The fourth-order valence-corrected chi connectivity index (χ4v) is 5.73. The predicted molar refractivity (Wildman–Crippen MR) is 117 cm³/mol. The Kier molecular flexibility index (Phi) is 7.18. The first-order valence-corrected chi connectivity index (χ1v) is 12.4. The van der Waals surface area contributed by atoms with Crippen molar-refractivity contribution in [3.8, 4) is 0 Å². The Morgan fingerprint density at radius 1 is 1.10 bits per heavy atom. The number of rotatable bonds is 6. The van der Waals surface area contributed by atoms with E-state index in [-0.39, 0.29) is 28.7 Å². The molecule has 1 fully saturated rings. The number of sulfonamides is 1. The molecule has 0 bridgehead atoms. The normalized spacial score (nSPS) is 18.7. The Bertz CT molecular complexity index is 892. The molecule has 1 aliphatic carbocycles. The summed E-state index contributed by atoms with van der Waals surface area (Å²) in [7, 11) is -3.88. The summed E-state index contributed by atoms with van der Waals surface area (Å²) in [6.45, 7) is 5.83. The lowest BCUT2D eigenvalue weighted by atomic mass is 9.94. The number of amides is 2. The first-order chi connectivity index (χ1) is 14.2. The average molecular weight is 436 g/mol. The second kappa shape index (κ2) is 9.47. The van der Waals surface area contributed by atoms with E-state index in [1.54, 1.807) is 17.0 Å². The maximum absolute atomic E-state index is 13.1. The van der Waals surface area contributed by atoms with Crippen LogP contribution in [-0.4, -0.2) is 38.9 Å². The summed E-state index contributed by atoms with van der Waals surface area (Å²) in [5, 5.41) is 3.03. The van der Waals surface area contributed by atoms with Crippen molar-refractivity contribution in [1.29, 1.82) is 0 Å². The summed E-state index contributed by atoms with van der Waals surface area (Å²) < 4.78 is 28.8. The third-order valence-corrected chi connectivity index (χ3v) is 7.48. The van der Waals surface area contributed by atoms with Gasteiger partial charge in [0.1, 0.15) is 6.04 Å². The number of carbonyl (C=O) groups is 2. The van der Waals surface area contributed by atoms with Crippen LogP contribution < -0.4 is 14.9 Å². The Morgan fingerprint density at radius 2 is 1.80 bits per heavy atom. The molecule has 7 nitrogen and oxygen atoms in total. The van der Waals surface area contributed by atoms with E-state index in [0.29, 0.717) is 6.54 Å². The van der Waals surface area contributed by atoms with E-state index in [2.05, 4.69) is 10.0 Å². The molecule has 2 amide bonds. The van der Waals surface area contributed by atoms with Crippen LogP contribution in [-0.2, 0) is 26.0 Å². The molecule has 0 radical (unpaired) electrons. The van der Waals surface area contributed by atoms with Gasteiger partial charge in [-0.05, 0) is 55.4 Å². The van der Waals surface area contributed by atoms with Gasteiger partial charge in [-0.1, -0.05) is 33.1 Å². The van der Waals surface area contributed by atoms with Crippen molar-refractivity contribution in [2.24, 2.45) is 5.92 Å². The van der Waals surface area contributed by atoms with Crippen LogP contribution in [0.5, 0.6) is 0 Å². The number of benzene rings is 1. The molecule has 1 aliphatic heterocycles. The van der Waals surface area contributed by atoms with Gasteiger partial charge in [-0.2, -0.15) is 4.72 Å². The Hall–Kier alpha value is -1.93. The molecule has 0 saturated heterocycles. The van der Waals surface area contributed by atoms with Crippen LogP contribution in [0.15, 0.2) is 23.1 Å². The van der Waals surface area contributed by atoms with Gasteiger partial charge >= 0.3 is 0 Å². The van der Waals surface area contributed by atoms with Gasteiger partial charge in [0.15, 0.2) is 0 Å². The van der Waals surface area contributed by atoms with Crippen molar-refractivity contribution in [3.05, 3.63) is 23.8 Å². The van der Waals surface area contributed by atoms with Gasteiger partial charge in [0.05, 0.1) is 4.90 Å². The number of hydrogen-bond acceptors (Lipinski definition) is 4. The van der Waals surface area contributed by atoms with Gasteiger partial charge in [-0.15, -0.1) is 0 Å². The molecule has 1 atom stereocenters. The lowest BCUT2D eigenvalue weighted by Crippen LogP contribution is -2.52. The maximum atomic E-state index is 13.1. The van der Waals surface area contributed by atoms with Crippen molar-refractivity contribution < 1.29 is 18.0 Å². The summed E-state index contributed by atoms with van der Waals surface area (Å²) in [6.07, 6.45) is 6.78. The molecule has 30 heavy (non-hydrogen) atoms. The predicted octanol–water partition coefficient (Wildman–Crippen LogP) is 2.74. The molecule has 3 rings (SSSR count). The highest BCUT2D eigenvalue weighted by atomic mass is 32.2. The second-order valence-corrected chi connectivity index (χ2v) is 10.5. The third-order valence-electron chi connectivity index (χ3n) is 6.04. The zero-order chi connectivity index (χ0) is 21.9. The van der Waals surface area contributed by atoms with Crippen LogP contribution in [0.4, 0.5) is 5.69 Å². The van der Waals surface area contributed by atoms with Crippen LogP contribution in [0.2, 0.25) is 0 Å². The van der Waals surface area contributed by atoms with Crippen LogP contribution in [0.3, 0.4) is 0 Å². The number of nitrogens with one attached hydrogen (secondary N) is 2. The molecule has 0 unspecified atom stereocenters. The topological polar surface area (TPSA) is 95.6 Å². The molecular weight excluding hydrogens is 402 g/mol. The van der Waals surface area contributed by atoms with Crippen LogP contribution in [0.25, 0.3) is 0 Å². The number of anilines is 1. The number of nitrogens with zero attached hydrogens (tertiary/aromatic N) is 1. The van der Waals surface area contributed by atoms with Crippen LogP contribution in [0, 0.1) is 5.92 Å². The van der Waals surface area contributed by atoms with E-state index in [1.165, 1.54) is 19.4 Å². The largest absolute Gasteiger partial charge is 0.352 e. The van der Waals surface area contributed by atoms with Crippen LogP contribution >= 0.6 is 0 Å². The van der Waals surface area contributed by atoms with Gasteiger partial charge in [-0.25, -0.2) is 8.42 Å². The van der Waals surface area contributed by atoms with Crippen molar-refractivity contribution in [2.45, 2.75) is 82.7 Å². The summed E-state index contributed by atoms with van der Waals surface area (Å²) in [5.41, 5.74) is 1.61. The van der Waals surface area contributed by atoms with Crippen molar-refractivity contribution in [1.82, 2.24) is 10.0 Å². The van der Waals surface area contributed by atoms with E-state index >= 15 is 0 Å². The lowest BCUT2D eigenvalue weighted by Gasteiger charge is -2.29. The van der Waals surface area contributed by atoms with Crippen molar-refractivity contribution in [2.75, 3.05) is 11.4 Å². The molecule has 166 valence electrons. The minimum atomic E-state index is -3.88. The molecule has 0 aromatic heterocycles. The smallest absolute Gasteiger partial charge is 0.241 e. The van der Waals surface area contributed by atoms with E-state index in [1.807, 2.05) is 13.8 Å². The van der Waals surface area contributed by atoms with Gasteiger partial charge in [0.2, 0.25) is 21.8 Å². The fourth-order valence-electron chi connectivity index (χ4n) is 4.33. The summed E-state index contributed by atoms with van der Waals surface area (Å²) in [4.78, 5) is 26.5. The third kappa shape index (κ3) is 5.21. The Labute approximate surface area is 179 Å². The van der Waals surface area contributed by atoms with Crippen molar-refractivity contribution in [3.63, 3.8) is 0 Å². The van der Waals surface area contributed by atoms with Gasteiger partial charge < -0.3 is 10.2 Å². The standard InChI is InChI=1S/C22H33N3O4S/c1-15(2)21(22(27)23-18-9-5-4-6-10-18)24-30(28,29)19-11-12-20-17(14-19)8-7-13-25(20)16(3)26/h11-12,14-15,18,21,24H,4-10,13H2,1-3H3,(H,23,27)/t21-/m0/s1. The van der Waals surface area contributed by atoms with E-state index in [0.717, 1.165) is 49.8 Å². The Balaban J connectivity index is 1.78. The number of carbonyl (C=O) groups excluding carboxylic acids is 2. The SMILES string of the molecule is CC(=O)N1CCCc2cc(S(=O)(=O)N[C@H](C(=O)NC3CCCCC3)C(C)C)ccc21. The molecule has 1 aromatic carbocycles. The van der Waals surface area contributed by atoms with E-state index in [4.69, 9.17) is 0 Å². The average Bonchev–Trinajstić information content (AvgIpc) is 2.71. The highest BCUT2D eigenvalue weighted by molar-refractivity contribution is 7.89. The summed E-state index contributed by atoms with van der Waals surface area (Å²) >= 11 is 0.